The summed E-state index contributed by atoms with van der Waals surface area (Å²) in [5.41, 5.74) is 2.20. The normalized spacial score (nSPS) is 12.5. The molecule has 0 aliphatic heterocycles. The van der Waals surface area contributed by atoms with Crippen LogP contribution in [0.1, 0.15) is 17.2 Å². The first-order chi connectivity index (χ1) is 10.1. The average Bonchev–Trinajstić information content (AvgIpc) is 2.51. The smallest absolute Gasteiger partial charge is 0.276 e. The number of fused-ring (bicyclic) bond motifs is 1. The Bertz CT molecular complexity index is 825. The van der Waals surface area contributed by atoms with Gasteiger partial charge in [0.2, 0.25) is 0 Å². The molecule has 5 nitrogen and oxygen atoms in total. The molecule has 3 aromatic rings. The molecule has 0 aliphatic rings. The molecule has 0 saturated carbocycles. The number of aryl methyl sites for hydroxylation is 1. The van der Waals surface area contributed by atoms with Gasteiger partial charge in [0.25, 0.3) is 5.56 Å². The standard InChI is InChI=1S/C16H15N3O2/c1-11-4-6-12(7-5-11)15(20)10-19-16(21)13-3-2-8-17-14(13)9-18-19/h2-9,15,20H,10H2,1H3. The molecule has 0 radical (unpaired) electrons. The Balaban J connectivity index is 1.93. The average molecular weight is 281 g/mol. The van der Waals surface area contributed by atoms with Crippen LogP contribution in [-0.2, 0) is 6.54 Å². The van der Waals surface area contributed by atoms with Crippen molar-refractivity contribution in [3.05, 3.63) is 70.3 Å². The van der Waals surface area contributed by atoms with Crippen LogP contribution < -0.4 is 5.56 Å². The molecule has 21 heavy (non-hydrogen) atoms. The Morgan fingerprint density at radius 1 is 1.24 bits per heavy atom. The zero-order valence-electron chi connectivity index (χ0n) is 11.6. The fourth-order valence-corrected chi connectivity index (χ4v) is 2.20. The quantitative estimate of drug-likeness (QED) is 0.795. The van der Waals surface area contributed by atoms with E-state index >= 15 is 0 Å². The number of pyridine rings is 1. The summed E-state index contributed by atoms with van der Waals surface area (Å²) in [6.07, 6.45) is 2.39. The number of hydrogen-bond donors (Lipinski definition) is 1. The Kier molecular flexibility index (Phi) is 3.50. The lowest BCUT2D eigenvalue weighted by molar-refractivity contribution is 0.149. The summed E-state index contributed by atoms with van der Waals surface area (Å²) in [4.78, 5) is 16.4. The van der Waals surface area contributed by atoms with Gasteiger partial charge in [-0.1, -0.05) is 29.8 Å². The van der Waals surface area contributed by atoms with Crippen LogP contribution in [0.15, 0.2) is 53.6 Å². The maximum Gasteiger partial charge on any atom is 0.276 e. The minimum absolute atomic E-state index is 0.118. The summed E-state index contributed by atoms with van der Waals surface area (Å²) >= 11 is 0. The Morgan fingerprint density at radius 3 is 2.76 bits per heavy atom. The minimum atomic E-state index is -0.773. The zero-order chi connectivity index (χ0) is 14.8. The van der Waals surface area contributed by atoms with Crippen LogP contribution in [0.25, 0.3) is 10.9 Å². The molecule has 106 valence electrons. The molecule has 5 heteroatoms. The van der Waals surface area contributed by atoms with Gasteiger partial charge in [0.15, 0.2) is 0 Å². The third kappa shape index (κ3) is 2.68. The SMILES string of the molecule is Cc1ccc(C(O)Cn2ncc3ncccc3c2=O)cc1. The van der Waals surface area contributed by atoms with Gasteiger partial charge in [-0.15, -0.1) is 0 Å². The Labute approximate surface area is 121 Å². The van der Waals surface area contributed by atoms with E-state index in [4.69, 9.17) is 0 Å². The van der Waals surface area contributed by atoms with E-state index in [2.05, 4.69) is 10.1 Å². The van der Waals surface area contributed by atoms with E-state index in [1.54, 1.807) is 24.5 Å². The molecular weight excluding hydrogens is 266 g/mol. The van der Waals surface area contributed by atoms with Gasteiger partial charge in [-0.3, -0.25) is 9.78 Å². The molecule has 0 amide bonds. The summed E-state index contributed by atoms with van der Waals surface area (Å²) < 4.78 is 1.27. The number of nitrogens with zero attached hydrogens (tertiary/aromatic N) is 3. The first-order valence-corrected chi connectivity index (χ1v) is 6.70. The van der Waals surface area contributed by atoms with Gasteiger partial charge >= 0.3 is 0 Å². The molecule has 0 fully saturated rings. The summed E-state index contributed by atoms with van der Waals surface area (Å²) in [5, 5.41) is 14.8. The zero-order valence-corrected chi connectivity index (χ0v) is 11.6. The number of aliphatic hydroxyl groups excluding tert-OH is 1. The predicted octanol–water partition coefficient (Wildman–Crippen LogP) is 1.83. The van der Waals surface area contributed by atoms with Crippen molar-refractivity contribution in [2.45, 2.75) is 19.6 Å². The molecule has 0 saturated heterocycles. The second-order valence-electron chi connectivity index (χ2n) is 4.99. The molecule has 1 unspecified atom stereocenters. The van der Waals surface area contributed by atoms with Crippen LogP contribution >= 0.6 is 0 Å². The van der Waals surface area contributed by atoms with E-state index in [1.807, 2.05) is 31.2 Å². The molecule has 2 heterocycles. The fourth-order valence-electron chi connectivity index (χ4n) is 2.20. The van der Waals surface area contributed by atoms with E-state index in [0.29, 0.717) is 10.9 Å². The molecule has 2 aromatic heterocycles. The van der Waals surface area contributed by atoms with Crippen LogP contribution in [0, 0.1) is 6.92 Å². The second kappa shape index (κ2) is 5.46. The number of benzene rings is 1. The minimum Gasteiger partial charge on any atom is -0.386 e. The van der Waals surface area contributed by atoms with Crippen LogP contribution in [-0.4, -0.2) is 19.9 Å². The maximum atomic E-state index is 12.3. The third-order valence-electron chi connectivity index (χ3n) is 3.43. The lowest BCUT2D eigenvalue weighted by Crippen LogP contribution is -2.25. The number of rotatable bonds is 3. The summed E-state index contributed by atoms with van der Waals surface area (Å²) in [6, 6.07) is 11.0. The molecule has 1 N–H and O–H groups in total. The van der Waals surface area contributed by atoms with Crippen molar-refractivity contribution in [2.75, 3.05) is 0 Å². The molecule has 0 spiro atoms. The summed E-state index contributed by atoms with van der Waals surface area (Å²) in [7, 11) is 0. The third-order valence-corrected chi connectivity index (χ3v) is 3.43. The predicted molar refractivity (Wildman–Crippen MR) is 79.9 cm³/mol. The van der Waals surface area contributed by atoms with E-state index in [-0.39, 0.29) is 12.1 Å². The lowest BCUT2D eigenvalue weighted by Gasteiger charge is -2.12. The number of aliphatic hydroxyl groups is 1. The molecular formula is C16H15N3O2. The van der Waals surface area contributed by atoms with Gasteiger partial charge in [-0.25, -0.2) is 4.68 Å². The molecule has 0 bridgehead atoms. The summed E-state index contributed by atoms with van der Waals surface area (Å²) in [5.74, 6) is 0. The van der Waals surface area contributed by atoms with Gasteiger partial charge in [0.1, 0.15) is 0 Å². The summed E-state index contributed by atoms with van der Waals surface area (Å²) in [6.45, 7) is 2.10. The molecule has 1 atom stereocenters. The first-order valence-electron chi connectivity index (χ1n) is 6.70. The van der Waals surface area contributed by atoms with Crippen LogP contribution in [0.5, 0.6) is 0 Å². The maximum absolute atomic E-state index is 12.3. The van der Waals surface area contributed by atoms with Crippen molar-refractivity contribution in [1.29, 1.82) is 0 Å². The number of aromatic nitrogens is 3. The molecule has 3 rings (SSSR count). The van der Waals surface area contributed by atoms with Gasteiger partial charge < -0.3 is 5.11 Å². The highest BCUT2D eigenvalue weighted by atomic mass is 16.3. The largest absolute Gasteiger partial charge is 0.386 e. The van der Waals surface area contributed by atoms with Crippen molar-refractivity contribution >= 4 is 10.9 Å². The monoisotopic (exact) mass is 281 g/mol. The number of hydrogen-bond acceptors (Lipinski definition) is 4. The first kappa shape index (κ1) is 13.5. The molecule has 0 aliphatic carbocycles. The van der Waals surface area contributed by atoms with Crippen LogP contribution in [0.4, 0.5) is 0 Å². The van der Waals surface area contributed by atoms with E-state index in [9.17, 15) is 9.90 Å². The Hall–Kier alpha value is -2.53. The van der Waals surface area contributed by atoms with Crippen molar-refractivity contribution in [3.8, 4) is 0 Å². The highest BCUT2D eigenvalue weighted by molar-refractivity contribution is 5.75. The highest BCUT2D eigenvalue weighted by Gasteiger charge is 2.11. The second-order valence-corrected chi connectivity index (χ2v) is 4.99. The topological polar surface area (TPSA) is 68.0 Å². The van der Waals surface area contributed by atoms with Gasteiger partial charge in [0.05, 0.1) is 29.7 Å². The highest BCUT2D eigenvalue weighted by Crippen LogP contribution is 2.15. The van der Waals surface area contributed by atoms with Crippen molar-refractivity contribution in [1.82, 2.24) is 14.8 Å². The molecule has 1 aromatic carbocycles. The van der Waals surface area contributed by atoms with Crippen LogP contribution in [0.3, 0.4) is 0 Å². The van der Waals surface area contributed by atoms with Crippen molar-refractivity contribution in [3.63, 3.8) is 0 Å². The van der Waals surface area contributed by atoms with Crippen molar-refractivity contribution < 1.29 is 5.11 Å². The van der Waals surface area contributed by atoms with Gasteiger partial charge in [-0.05, 0) is 24.6 Å². The lowest BCUT2D eigenvalue weighted by atomic mass is 10.1. The van der Waals surface area contributed by atoms with Gasteiger partial charge in [0, 0.05) is 6.20 Å². The Morgan fingerprint density at radius 2 is 2.00 bits per heavy atom. The van der Waals surface area contributed by atoms with E-state index in [0.717, 1.165) is 11.1 Å². The fraction of sp³-hybridized carbons (Fsp3) is 0.188. The van der Waals surface area contributed by atoms with Crippen LogP contribution in [0.2, 0.25) is 0 Å². The van der Waals surface area contributed by atoms with Crippen molar-refractivity contribution in [2.24, 2.45) is 0 Å². The van der Waals surface area contributed by atoms with Gasteiger partial charge in [-0.2, -0.15) is 5.10 Å². The van der Waals surface area contributed by atoms with E-state index < -0.39 is 6.10 Å². The van der Waals surface area contributed by atoms with E-state index in [1.165, 1.54) is 4.68 Å².